The molecule has 0 bridgehead atoms. The molecule has 1 nitrogen and oxygen atoms in total. The van der Waals surface area contributed by atoms with Gasteiger partial charge in [-0.3, -0.25) is 0 Å². The fraction of sp³-hybridized carbons (Fsp3) is 1.00. The van der Waals surface area contributed by atoms with E-state index in [1.807, 2.05) is 6.92 Å². The zero-order valence-electron chi connectivity index (χ0n) is 4.78. The van der Waals surface area contributed by atoms with E-state index in [2.05, 4.69) is 29.5 Å². The van der Waals surface area contributed by atoms with Crippen LogP contribution in [-0.4, -0.2) is 17.1 Å². The first kappa shape index (κ1) is 7.69. The largest absolute Gasteiger partial charge is 0.378 e. The third-order valence-corrected chi connectivity index (χ3v) is 1.91. The Balaban J connectivity index is 2.83. The molecule has 0 fully saturated rings. The molecule has 7 heavy (non-hydrogen) atoms. The van der Waals surface area contributed by atoms with E-state index in [0.717, 1.165) is 11.0 Å². The van der Waals surface area contributed by atoms with Crippen LogP contribution in [0.5, 0.6) is 0 Å². The number of hydrogen-bond donors (Lipinski definition) is 0. The van der Waals surface area contributed by atoms with Crippen molar-refractivity contribution in [2.45, 2.75) is 20.0 Å². The summed E-state index contributed by atoms with van der Waals surface area (Å²) in [6, 6.07) is 0. The molecule has 0 spiro atoms. The zero-order valence-corrected chi connectivity index (χ0v) is 6.94. The quantitative estimate of drug-likeness (QED) is 0.514. The van der Waals surface area contributed by atoms with Gasteiger partial charge in [0.25, 0.3) is 0 Å². The van der Waals surface area contributed by atoms with E-state index in [1.165, 1.54) is 0 Å². The number of alkyl halides is 1. The van der Waals surface area contributed by atoms with Gasteiger partial charge in [-0.1, -0.05) is 22.6 Å². The molecule has 0 radical (unpaired) electrons. The van der Waals surface area contributed by atoms with Gasteiger partial charge in [0.15, 0.2) is 0 Å². The van der Waals surface area contributed by atoms with Gasteiger partial charge in [-0.05, 0) is 13.8 Å². The van der Waals surface area contributed by atoms with E-state index in [4.69, 9.17) is 4.74 Å². The van der Waals surface area contributed by atoms with Gasteiger partial charge in [-0.2, -0.15) is 0 Å². The van der Waals surface area contributed by atoms with E-state index < -0.39 is 0 Å². The number of ether oxygens (including phenoxy) is 1. The summed E-state index contributed by atoms with van der Waals surface area (Å²) < 4.78 is 6.27. The summed E-state index contributed by atoms with van der Waals surface area (Å²) in [5.41, 5.74) is 0. The fourth-order valence-corrected chi connectivity index (χ4v) is 0.583. The molecular formula is C5H11IO. The van der Waals surface area contributed by atoms with E-state index in [0.29, 0.717) is 6.10 Å². The lowest BCUT2D eigenvalue weighted by molar-refractivity contribution is 0.0952. The van der Waals surface area contributed by atoms with Crippen LogP contribution >= 0.6 is 22.6 Å². The molecule has 0 aliphatic heterocycles. The Morgan fingerprint density at radius 1 is 1.71 bits per heavy atom. The van der Waals surface area contributed by atoms with Crippen molar-refractivity contribution >= 4 is 22.6 Å². The Hall–Kier alpha value is 0.690. The predicted octanol–water partition coefficient (Wildman–Crippen LogP) is 1.85. The zero-order chi connectivity index (χ0) is 5.70. The maximum atomic E-state index is 5.18. The van der Waals surface area contributed by atoms with Crippen LogP contribution in [0.4, 0.5) is 0 Å². The highest BCUT2D eigenvalue weighted by Gasteiger charge is 1.93. The van der Waals surface area contributed by atoms with Gasteiger partial charge in [0.05, 0.1) is 6.10 Å². The topological polar surface area (TPSA) is 9.23 Å². The first-order chi connectivity index (χ1) is 3.31. The van der Waals surface area contributed by atoms with Crippen LogP contribution in [0.2, 0.25) is 0 Å². The third kappa shape index (κ3) is 4.55. The summed E-state index contributed by atoms with van der Waals surface area (Å²) in [5, 5.41) is 0. The monoisotopic (exact) mass is 214 g/mol. The molecule has 0 saturated heterocycles. The van der Waals surface area contributed by atoms with Crippen LogP contribution in [0.3, 0.4) is 0 Å². The summed E-state index contributed by atoms with van der Waals surface area (Å²) >= 11 is 2.31. The standard InChI is InChI=1S/C5H11IO/c1-3-7-5(2)4-6/h5H,3-4H2,1-2H3. The van der Waals surface area contributed by atoms with Crippen molar-refractivity contribution < 1.29 is 4.74 Å². The van der Waals surface area contributed by atoms with E-state index in [-0.39, 0.29) is 0 Å². The van der Waals surface area contributed by atoms with Crippen molar-refractivity contribution in [1.82, 2.24) is 0 Å². The van der Waals surface area contributed by atoms with Crippen LogP contribution in [0.15, 0.2) is 0 Å². The third-order valence-electron chi connectivity index (χ3n) is 0.668. The summed E-state index contributed by atoms with van der Waals surface area (Å²) in [6.07, 6.45) is 0.436. The van der Waals surface area contributed by atoms with Crippen molar-refractivity contribution in [2.75, 3.05) is 11.0 Å². The molecule has 0 N–H and O–H groups in total. The first-order valence-electron chi connectivity index (χ1n) is 2.48. The minimum absolute atomic E-state index is 0.436. The average Bonchev–Trinajstić information content (AvgIpc) is 1.68. The van der Waals surface area contributed by atoms with Crippen molar-refractivity contribution in [3.8, 4) is 0 Å². The summed E-state index contributed by atoms with van der Waals surface area (Å²) in [7, 11) is 0. The lowest BCUT2D eigenvalue weighted by Crippen LogP contribution is -2.07. The van der Waals surface area contributed by atoms with Crippen LogP contribution in [0, 0.1) is 0 Å². The van der Waals surface area contributed by atoms with Gasteiger partial charge < -0.3 is 4.74 Å². The average molecular weight is 214 g/mol. The highest BCUT2D eigenvalue weighted by Crippen LogP contribution is 1.94. The normalized spacial score (nSPS) is 14.1. The van der Waals surface area contributed by atoms with Crippen molar-refractivity contribution in [3.05, 3.63) is 0 Å². The van der Waals surface area contributed by atoms with Gasteiger partial charge >= 0.3 is 0 Å². The second kappa shape index (κ2) is 4.84. The molecule has 0 saturated carbocycles. The maximum Gasteiger partial charge on any atom is 0.0636 e. The van der Waals surface area contributed by atoms with Crippen LogP contribution in [-0.2, 0) is 4.74 Å². The van der Waals surface area contributed by atoms with E-state index in [1.54, 1.807) is 0 Å². The first-order valence-corrected chi connectivity index (χ1v) is 4.01. The van der Waals surface area contributed by atoms with E-state index >= 15 is 0 Å². The molecule has 2 heteroatoms. The van der Waals surface area contributed by atoms with Crippen molar-refractivity contribution in [2.24, 2.45) is 0 Å². The Bertz CT molecular complexity index is 39.1. The predicted molar refractivity (Wildman–Crippen MR) is 40.0 cm³/mol. The summed E-state index contributed by atoms with van der Waals surface area (Å²) in [6.45, 7) is 4.93. The minimum Gasteiger partial charge on any atom is -0.378 e. The molecule has 0 aliphatic rings. The van der Waals surface area contributed by atoms with Crippen LogP contribution < -0.4 is 0 Å². The minimum atomic E-state index is 0.436. The molecular weight excluding hydrogens is 203 g/mol. The number of hydrogen-bond acceptors (Lipinski definition) is 1. The fourth-order valence-electron chi connectivity index (χ4n) is 0.329. The Labute approximate surface area is 58.6 Å². The van der Waals surface area contributed by atoms with Gasteiger partial charge in [0, 0.05) is 11.0 Å². The molecule has 0 amide bonds. The molecule has 1 atom stereocenters. The highest BCUT2D eigenvalue weighted by molar-refractivity contribution is 14.1. The smallest absolute Gasteiger partial charge is 0.0636 e. The molecule has 44 valence electrons. The van der Waals surface area contributed by atoms with Crippen LogP contribution in [0.1, 0.15) is 13.8 Å². The Morgan fingerprint density at radius 2 is 2.29 bits per heavy atom. The molecule has 0 rings (SSSR count). The van der Waals surface area contributed by atoms with Gasteiger partial charge in [0.1, 0.15) is 0 Å². The second-order valence-electron chi connectivity index (χ2n) is 1.42. The lowest BCUT2D eigenvalue weighted by atomic mass is 10.5. The molecule has 0 aromatic rings. The SMILES string of the molecule is CCOC(C)CI. The molecule has 1 unspecified atom stereocenters. The summed E-state index contributed by atoms with van der Waals surface area (Å²) in [5.74, 6) is 0. The lowest BCUT2D eigenvalue weighted by Gasteiger charge is -2.04. The Kier molecular flexibility index (Phi) is 5.32. The van der Waals surface area contributed by atoms with Crippen LogP contribution in [0.25, 0.3) is 0 Å². The molecule has 0 aliphatic carbocycles. The Morgan fingerprint density at radius 3 is 2.43 bits per heavy atom. The van der Waals surface area contributed by atoms with Gasteiger partial charge in [-0.15, -0.1) is 0 Å². The summed E-state index contributed by atoms with van der Waals surface area (Å²) in [4.78, 5) is 0. The van der Waals surface area contributed by atoms with Gasteiger partial charge in [0.2, 0.25) is 0 Å². The highest BCUT2D eigenvalue weighted by atomic mass is 127. The number of halogens is 1. The van der Waals surface area contributed by atoms with Crippen molar-refractivity contribution in [1.29, 1.82) is 0 Å². The number of rotatable bonds is 3. The van der Waals surface area contributed by atoms with Gasteiger partial charge in [-0.25, -0.2) is 0 Å². The molecule has 0 aromatic heterocycles. The molecule has 0 aromatic carbocycles. The second-order valence-corrected chi connectivity index (χ2v) is 2.30. The maximum absolute atomic E-state index is 5.18. The van der Waals surface area contributed by atoms with E-state index in [9.17, 15) is 0 Å². The molecule has 0 heterocycles. The van der Waals surface area contributed by atoms with Crippen molar-refractivity contribution in [3.63, 3.8) is 0 Å².